The molecule has 0 aliphatic heterocycles. The van der Waals surface area contributed by atoms with Gasteiger partial charge < -0.3 is 0 Å². The third-order valence-corrected chi connectivity index (χ3v) is 4.60. The Morgan fingerprint density at radius 1 is 0.760 bits per heavy atom. The van der Waals surface area contributed by atoms with Crippen LogP contribution in [0.3, 0.4) is 0 Å². The summed E-state index contributed by atoms with van der Waals surface area (Å²) in [6.45, 7) is 4.21. The van der Waals surface area contributed by atoms with Crippen LogP contribution in [0.25, 0.3) is 21.8 Å². The molecule has 0 bridgehead atoms. The van der Waals surface area contributed by atoms with Gasteiger partial charge in [-0.25, -0.2) is 0 Å². The Morgan fingerprint density at radius 3 is 1.40 bits per heavy atom. The van der Waals surface area contributed by atoms with Crippen LogP contribution in [0.5, 0.6) is 0 Å². The lowest BCUT2D eigenvalue weighted by atomic mass is 10.0. The molecule has 0 aliphatic rings. The van der Waals surface area contributed by atoms with E-state index in [1.165, 1.54) is 21.9 Å². The average Bonchev–Trinajstić information content (AvgIpc) is 2.45. The van der Waals surface area contributed by atoms with Crippen molar-refractivity contribution >= 4 is 42.6 Å². The number of aryl methyl sites for hydroxylation is 2. The van der Waals surface area contributed by atoms with Crippen LogP contribution >= 0.6 is 0 Å². The van der Waals surface area contributed by atoms with E-state index in [4.69, 9.17) is 9.11 Å². The smallest absolute Gasteiger partial charge is 0.263 e. The summed E-state index contributed by atoms with van der Waals surface area (Å²) in [5, 5.41) is 2.38. The molecule has 0 spiro atoms. The van der Waals surface area contributed by atoms with Gasteiger partial charge in [-0.1, -0.05) is 12.1 Å². The summed E-state index contributed by atoms with van der Waals surface area (Å²) in [7, 11) is -10.2. The highest BCUT2D eigenvalue weighted by Gasteiger charge is 2.15. The van der Waals surface area contributed by atoms with Crippen molar-refractivity contribution in [1.82, 2.24) is 9.97 Å². The molecule has 9 nitrogen and oxygen atoms in total. The first-order valence-electron chi connectivity index (χ1n) is 6.73. The van der Waals surface area contributed by atoms with E-state index in [0.717, 1.165) is 11.0 Å². The zero-order chi connectivity index (χ0) is 18.8. The molecule has 0 aliphatic carbocycles. The molecular formula is C14H14N2O7S2. The van der Waals surface area contributed by atoms with E-state index in [2.05, 4.69) is 39.6 Å². The monoisotopic (exact) mass is 386 g/mol. The maximum Gasteiger partial charge on any atom is 0.413 e. The molecule has 1 aromatic carbocycles. The number of aromatic nitrogens is 2. The quantitative estimate of drug-likeness (QED) is 0.499. The first kappa shape index (κ1) is 19.1. The van der Waals surface area contributed by atoms with Crippen molar-refractivity contribution in [2.75, 3.05) is 0 Å². The molecule has 3 rings (SSSR count). The third-order valence-electron chi connectivity index (χ3n) is 3.23. The molecule has 0 radical (unpaired) electrons. The highest BCUT2D eigenvalue weighted by molar-refractivity contribution is 7.94. The number of nitrogens with zero attached hydrogens (tertiary/aromatic N) is 2. The van der Waals surface area contributed by atoms with Crippen molar-refractivity contribution in [2.45, 2.75) is 13.8 Å². The van der Waals surface area contributed by atoms with E-state index < -0.39 is 20.8 Å². The van der Waals surface area contributed by atoms with Crippen LogP contribution in [0.1, 0.15) is 11.1 Å². The predicted octanol–water partition coefficient (Wildman–Crippen LogP) is 2.01. The van der Waals surface area contributed by atoms with Gasteiger partial charge in [0.05, 0.1) is 11.0 Å². The first-order chi connectivity index (χ1) is 11.5. The van der Waals surface area contributed by atoms with Crippen LogP contribution in [0, 0.1) is 13.8 Å². The van der Waals surface area contributed by atoms with Crippen LogP contribution in [-0.2, 0) is 24.4 Å². The Hall–Kier alpha value is -2.18. The Labute approximate surface area is 144 Å². The van der Waals surface area contributed by atoms with Crippen LogP contribution in [0.15, 0.2) is 36.7 Å². The molecule has 11 heteroatoms. The van der Waals surface area contributed by atoms with Gasteiger partial charge in [-0.15, -0.1) is 3.63 Å². The van der Waals surface area contributed by atoms with Gasteiger partial charge in [0.1, 0.15) is 0 Å². The molecule has 0 atom stereocenters. The topological polar surface area (TPSA) is 144 Å². The van der Waals surface area contributed by atoms with Crippen molar-refractivity contribution in [3.63, 3.8) is 0 Å². The molecule has 3 aromatic rings. The van der Waals surface area contributed by atoms with Crippen molar-refractivity contribution < 1.29 is 29.6 Å². The van der Waals surface area contributed by atoms with E-state index in [0.29, 0.717) is 0 Å². The molecule has 2 aromatic heterocycles. The minimum absolute atomic E-state index is 1.00. The van der Waals surface area contributed by atoms with Crippen molar-refractivity contribution in [1.29, 1.82) is 0 Å². The minimum atomic E-state index is -5.12. The Morgan fingerprint density at radius 2 is 1.12 bits per heavy atom. The summed E-state index contributed by atoms with van der Waals surface area (Å²) in [4.78, 5) is 8.90. The number of benzene rings is 1. The largest absolute Gasteiger partial charge is 0.413 e. The van der Waals surface area contributed by atoms with Crippen molar-refractivity contribution in [2.24, 2.45) is 0 Å². The number of hydrogen-bond acceptors (Lipinski definition) is 7. The van der Waals surface area contributed by atoms with Gasteiger partial charge in [0.15, 0.2) is 0 Å². The highest BCUT2D eigenvalue weighted by Crippen LogP contribution is 2.25. The van der Waals surface area contributed by atoms with E-state index in [9.17, 15) is 16.8 Å². The summed E-state index contributed by atoms with van der Waals surface area (Å²) in [6, 6.07) is 8.33. The maximum absolute atomic E-state index is 9.44. The first-order valence-corrected chi connectivity index (χ1v) is 9.46. The molecule has 0 saturated carbocycles. The lowest BCUT2D eigenvalue weighted by Crippen LogP contribution is -2.10. The summed E-state index contributed by atoms with van der Waals surface area (Å²) in [6.07, 6.45) is 3.70. The fourth-order valence-corrected chi connectivity index (χ4v) is 3.08. The Kier molecular flexibility index (Phi) is 5.34. The second kappa shape index (κ2) is 6.98. The fraction of sp³-hybridized carbons (Fsp3) is 0.143. The van der Waals surface area contributed by atoms with Gasteiger partial charge >= 0.3 is 20.8 Å². The second-order valence-electron chi connectivity index (χ2n) is 5.04. The van der Waals surface area contributed by atoms with Crippen molar-refractivity contribution in [3.05, 3.63) is 47.8 Å². The summed E-state index contributed by atoms with van der Waals surface area (Å²) >= 11 is 0. The van der Waals surface area contributed by atoms with Crippen LogP contribution in [0.2, 0.25) is 0 Å². The number of rotatable bonds is 2. The molecule has 0 amide bonds. The maximum atomic E-state index is 9.44. The molecule has 0 fully saturated rings. The number of pyridine rings is 2. The van der Waals surface area contributed by atoms with Crippen molar-refractivity contribution in [3.8, 4) is 0 Å². The second-order valence-corrected chi connectivity index (χ2v) is 7.29. The zero-order valence-corrected chi connectivity index (χ0v) is 14.7. The lowest BCUT2D eigenvalue weighted by molar-refractivity contribution is 0.344. The molecule has 0 saturated heterocycles. The van der Waals surface area contributed by atoms with E-state index >= 15 is 0 Å². The highest BCUT2D eigenvalue weighted by atomic mass is 32.3. The summed E-state index contributed by atoms with van der Waals surface area (Å²) in [5.41, 5.74) is 4.49. The minimum Gasteiger partial charge on any atom is -0.263 e. The molecule has 2 heterocycles. The fourth-order valence-electron chi connectivity index (χ4n) is 2.21. The van der Waals surface area contributed by atoms with Gasteiger partial charge in [-0.3, -0.25) is 19.1 Å². The van der Waals surface area contributed by atoms with Gasteiger partial charge in [0.2, 0.25) is 0 Å². The predicted molar refractivity (Wildman–Crippen MR) is 90.7 cm³/mol. The lowest BCUT2D eigenvalue weighted by Gasteiger charge is -2.06. The normalized spacial score (nSPS) is 12.0. The number of fused-ring (bicyclic) bond motifs is 3. The Bertz CT molecular complexity index is 1050. The number of hydrogen-bond donors (Lipinski definition) is 2. The third kappa shape index (κ3) is 5.14. The van der Waals surface area contributed by atoms with Gasteiger partial charge in [0, 0.05) is 23.2 Å². The summed E-state index contributed by atoms with van der Waals surface area (Å²) in [5.74, 6) is 0. The van der Waals surface area contributed by atoms with Gasteiger partial charge in [-0.05, 0) is 37.1 Å². The van der Waals surface area contributed by atoms with Gasteiger partial charge in [0.25, 0.3) is 0 Å². The van der Waals surface area contributed by atoms with E-state index in [-0.39, 0.29) is 0 Å². The van der Waals surface area contributed by atoms with E-state index in [1.807, 2.05) is 24.5 Å². The summed E-state index contributed by atoms with van der Waals surface area (Å²) < 4.78 is 55.6. The standard InChI is InChI=1S/C14H12N2.H2O7S2/c1-9-5-7-15-13-11(9)3-4-12-10(2)6-8-16-14(12)13;1-8(2,3)7-9(4,5)6/h3-8H,1-2H3;(H,1,2,3)(H,4,5,6). The van der Waals surface area contributed by atoms with Gasteiger partial charge in [-0.2, -0.15) is 16.8 Å². The van der Waals surface area contributed by atoms with Crippen LogP contribution in [0.4, 0.5) is 0 Å². The van der Waals surface area contributed by atoms with Crippen LogP contribution < -0.4 is 0 Å². The SMILES string of the molecule is Cc1ccnc2c1ccc1c(C)ccnc12.O=S(=O)(O)OS(=O)(=O)O. The molecule has 134 valence electrons. The molecule has 25 heavy (non-hydrogen) atoms. The Balaban J connectivity index is 0.000000217. The molecular weight excluding hydrogens is 372 g/mol. The molecule has 2 N–H and O–H groups in total. The molecule has 0 unspecified atom stereocenters. The van der Waals surface area contributed by atoms with E-state index in [1.54, 1.807) is 0 Å². The average molecular weight is 386 g/mol. The van der Waals surface area contributed by atoms with Crippen LogP contribution in [-0.4, -0.2) is 35.9 Å². The zero-order valence-electron chi connectivity index (χ0n) is 13.1.